The summed E-state index contributed by atoms with van der Waals surface area (Å²) in [4.78, 5) is 4.38. The maximum absolute atomic E-state index is 5.59. The Labute approximate surface area is 85.9 Å². The molecule has 0 aliphatic carbocycles. The van der Waals surface area contributed by atoms with Crippen LogP contribution < -0.4 is 0 Å². The van der Waals surface area contributed by atoms with E-state index in [1.54, 1.807) is 6.20 Å². The summed E-state index contributed by atoms with van der Waals surface area (Å²) in [5.74, 6) is 0.577. The molecule has 0 spiro atoms. The number of aromatic nitrogens is 3. The Kier molecular flexibility index (Phi) is 1.62. The third kappa shape index (κ3) is 1.30. The Morgan fingerprint density at radius 1 is 1.27 bits per heavy atom. The first-order valence-electron chi connectivity index (χ1n) is 4.70. The van der Waals surface area contributed by atoms with Gasteiger partial charge in [0.2, 0.25) is 5.89 Å². The lowest BCUT2D eigenvalue weighted by Crippen LogP contribution is -1.76. The van der Waals surface area contributed by atoms with Crippen LogP contribution in [-0.4, -0.2) is 15.2 Å². The Bertz CT molecular complexity index is 595. The van der Waals surface area contributed by atoms with Crippen molar-refractivity contribution in [2.75, 3.05) is 0 Å². The number of rotatable bonds is 1. The van der Waals surface area contributed by atoms with E-state index in [0.29, 0.717) is 5.89 Å². The van der Waals surface area contributed by atoms with E-state index in [-0.39, 0.29) is 0 Å². The van der Waals surface area contributed by atoms with Crippen molar-refractivity contribution in [1.29, 1.82) is 0 Å². The number of aromatic amines is 1. The minimum absolute atomic E-state index is 0.577. The highest BCUT2D eigenvalue weighted by Crippen LogP contribution is 2.22. The second kappa shape index (κ2) is 2.95. The predicted octanol–water partition coefficient (Wildman–Crippen LogP) is 2.53. The van der Waals surface area contributed by atoms with Crippen molar-refractivity contribution in [1.82, 2.24) is 15.2 Å². The fourth-order valence-electron chi connectivity index (χ4n) is 1.53. The second-order valence-electron chi connectivity index (χ2n) is 3.46. The largest absolute Gasteiger partial charge is 0.435 e. The van der Waals surface area contributed by atoms with Gasteiger partial charge in [0.05, 0.1) is 0 Å². The van der Waals surface area contributed by atoms with E-state index >= 15 is 0 Å². The van der Waals surface area contributed by atoms with E-state index in [4.69, 9.17) is 4.42 Å². The third-order valence-corrected chi connectivity index (χ3v) is 2.27. The fraction of sp³-hybridized carbons (Fsp3) is 0.0909. The molecule has 1 aromatic carbocycles. The van der Waals surface area contributed by atoms with E-state index < -0.39 is 0 Å². The summed E-state index contributed by atoms with van der Waals surface area (Å²) in [5.41, 5.74) is 3.64. The topological polar surface area (TPSA) is 54.7 Å². The first-order chi connectivity index (χ1) is 7.33. The highest BCUT2D eigenvalue weighted by atomic mass is 16.3. The van der Waals surface area contributed by atoms with E-state index in [1.807, 2.05) is 31.2 Å². The number of H-pyrrole nitrogens is 1. The molecule has 1 N–H and O–H groups in total. The SMILES string of the molecule is Cc1ccc2oc(-c3ccn[nH]3)nc2c1. The molecule has 2 heterocycles. The average Bonchev–Trinajstić information content (AvgIpc) is 2.84. The van der Waals surface area contributed by atoms with Crippen molar-refractivity contribution in [2.24, 2.45) is 0 Å². The smallest absolute Gasteiger partial charge is 0.245 e. The van der Waals surface area contributed by atoms with Crippen molar-refractivity contribution in [2.45, 2.75) is 6.92 Å². The molecule has 0 saturated heterocycles. The Morgan fingerprint density at radius 2 is 2.20 bits per heavy atom. The van der Waals surface area contributed by atoms with Crippen molar-refractivity contribution in [3.8, 4) is 11.6 Å². The van der Waals surface area contributed by atoms with Crippen molar-refractivity contribution < 1.29 is 4.42 Å². The van der Waals surface area contributed by atoms with Crippen LogP contribution in [0.15, 0.2) is 34.9 Å². The monoisotopic (exact) mass is 199 g/mol. The highest BCUT2D eigenvalue weighted by Gasteiger charge is 2.08. The molecule has 0 radical (unpaired) electrons. The predicted molar refractivity (Wildman–Crippen MR) is 56.3 cm³/mol. The number of hydrogen-bond acceptors (Lipinski definition) is 3. The van der Waals surface area contributed by atoms with E-state index in [2.05, 4.69) is 15.2 Å². The lowest BCUT2D eigenvalue weighted by atomic mass is 10.2. The number of nitrogens with zero attached hydrogens (tertiary/aromatic N) is 2. The van der Waals surface area contributed by atoms with Crippen LogP contribution in [0.5, 0.6) is 0 Å². The first kappa shape index (κ1) is 8.23. The molecular weight excluding hydrogens is 190 g/mol. The summed E-state index contributed by atoms with van der Waals surface area (Å²) in [6.45, 7) is 2.03. The van der Waals surface area contributed by atoms with Crippen LogP contribution >= 0.6 is 0 Å². The highest BCUT2D eigenvalue weighted by molar-refractivity contribution is 5.76. The second-order valence-corrected chi connectivity index (χ2v) is 3.46. The Balaban J connectivity index is 2.22. The number of nitrogens with one attached hydrogen (secondary N) is 1. The van der Waals surface area contributed by atoms with Crippen LogP contribution in [0.3, 0.4) is 0 Å². The standard InChI is InChI=1S/C11H9N3O/c1-7-2-3-10-9(6-7)13-11(15-10)8-4-5-12-14-8/h2-6H,1H3,(H,12,14). The van der Waals surface area contributed by atoms with Gasteiger partial charge in [-0.15, -0.1) is 0 Å². The van der Waals surface area contributed by atoms with E-state index in [9.17, 15) is 0 Å². The molecule has 4 nitrogen and oxygen atoms in total. The molecular formula is C11H9N3O. The van der Waals surface area contributed by atoms with Gasteiger partial charge in [-0.05, 0) is 30.7 Å². The van der Waals surface area contributed by atoms with Gasteiger partial charge in [0, 0.05) is 6.20 Å². The summed E-state index contributed by atoms with van der Waals surface area (Å²) >= 11 is 0. The Hall–Kier alpha value is -2.10. The van der Waals surface area contributed by atoms with Crippen molar-refractivity contribution >= 4 is 11.1 Å². The van der Waals surface area contributed by atoms with Crippen molar-refractivity contribution in [3.63, 3.8) is 0 Å². The van der Waals surface area contributed by atoms with Gasteiger partial charge in [0.15, 0.2) is 5.58 Å². The zero-order valence-corrected chi connectivity index (χ0v) is 8.19. The Morgan fingerprint density at radius 3 is 3.00 bits per heavy atom. The number of fused-ring (bicyclic) bond motifs is 1. The summed E-state index contributed by atoms with van der Waals surface area (Å²) in [7, 11) is 0. The molecule has 0 saturated carbocycles. The van der Waals surface area contributed by atoms with Gasteiger partial charge in [0.1, 0.15) is 11.2 Å². The van der Waals surface area contributed by atoms with Gasteiger partial charge in [-0.1, -0.05) is 6.07 Å². The molecule has 74 valence electrons. The molecule has 0 fully saturated rings. The van der Waals surface area contributed by atoms with Gasteiger partial charge in [0.25, 0.3) is 0 Å². The van der Waals surface area contributed by atoms with Crippen LogP contribution in [-0.2, 0) is 0 Å². The maximum Gasteiger partial charge on any atom is 0.245 e. The number of aryl methyl sites for hydroxylation is 1. The molecule has 3 aromatic rings. The van der Waals surface area contributed by atoms with Gasteiger partial charge in [-0.2, -0.15) is 5.10 Å². The van der Waals surface area contributed by atoms with Gasteiger partial charge in [-0.25, -0.2) is 4.98 Å². The van der Waals surface area contributed by atoms with Crippen LogP contribution in [0.4, 0.5) is 0 Å². The molecule has 15 heavy (non-hydrogen) atoms. The van der Waals surface area contributed by atoms with Crippen molar-refractivity contribution in [3.05, 3.63) is 36.0 Å². The first-order valence-corrected chi connectivity index (χ1v) is 4.70. The summed E-state index contributed by atoms with van der Waals surface area (Å²) in [5, 5.41) is 6.68. The normalized spacial score (nSPS) is 11.0. The van der Waals surface area contributed by atoms with Crippen LogP contribution in [0.25, 0.3) is 22.7 Å². The average molecular weight is 199 g/mol. The lowest BCUT2D eigenvalue weighted by Gasteiger charge is -1.87. The minimum Gasteiger partial charge on any atom is -0.435 e. The zero-order chi connectivity index (χ0) is 10.3. The fourth-order valence-corrected chi connectivity index (χ4v) is 1.53. The molecule has 4 heteroatoms. The minimum atomic E-state index is 0.577. The lowest BCUT2D eigenvalue weighted by molar-refractivity contribution is 0.616. The third-order valence-electron chi connectivity index (χ3n) is 2.27. The summed E-state index contributed by atoms with van der Waals surface area (Å²) in [6, 6.07) is 7.76. The van der Waals surface area contributed by atoms with E-state index in [1.165, 1.54) is 5.56 Å². The molecule has 0 unspecified atom stereocenters. The molecule has 0 aliphatic rings. The zero-order valence-electron chi connectivity index (χ0n) is 8.19. The van der Waals surface area contributed by atoms with Crippen LogP contribution in [0, 0.1) is 6.92 Å². The number of oxazole rings is 1. The van der Waals surface area contributed by atoms with Gasteiger partial charge >= 0.3 is 0 Å². The summed E-state index contributed by atoms with van der Waals surface area (Å²) in [6.07, 6.45) is 1.68. The van der Waals surface area contributed by atoms with Gasteiger partial charge in [-0.3, -0.25) is 5.10 Å². The van der Waals surface area contributed by atoms with Crippen LogP contribution in [0.1, 0.15) is 5.56 Å². The number of benzene rings is 1. The van der Waals surface area contributed by atoms with Gasteiger partial charge < -0.3 is 4.42 Å². The van der Waals surface area contributed by atoms with E-state index in [0.717, 1.165) is 16.8 Å². The molecule has 0 bridgehead atoms. The maximum atomic E-state index is 5.59. The molecule has 0 amide bonds. The molecule has 0 aliphatic heterocycles. The molecule has 0 atom stereocenters. The molecule has 2 aromatic heterocycles. The quantitative estimate of drug-likeness (QED) is 0.655. The number of hydrogen-bond donors (Lipinski definition) is 1. The summed E-state index contributed by atoms with van der Waals surface area (Å²) < 4.78 is 5.59. The molecule has 3 rings (SSSR count). The van der Waals surface area contributed by atoms with Crippen LogP contribution in [0.2, 0.25) is 0 Å².